The maximum absolute atomic E-state index is 2.63. The van der Waals surface area contributed by atoms with E-state index in [1.807, 2.05) is 0 Å². The van der Waals surface area contributed by atoms with Crippen LogP contribution in [0.4, 0.5) is 0 Å². The summed E-state index contributed by atoms with van der Waals surface area (Å²) in [5.74, 6) is 1.67. The summed E-state index contributed by atoms with van der Waals surface area (Å²) in [6.45, 7) is 11.9. The molecule has 0 spiro atoms. The third-order valence-electron chi connectivity index (χ3n) is 4.53. The molecule has 2 rings (SSSR count). The standard InChI is InChI=1S/C16H27N/c1-12(2)17-10-9-16(14(4)11-17)15-7-5-13(3)6-8-15/h5,7,12,14,16H,6,8-11H2,1-4H3. The van der Waals surface area contributed by atoms with Gasteiger partial charge in [0.05, 0.1) is 0 Å². The molecule has 1 heteroatoms. The minimum Gasteiger partial charge on any atom is -0.301 e. The summed E-state index contributed by atoms with van der Waals surface area (Å²) < 4.78 is 0. The number of rotatable bonds is 2. The Bertz CT molecular complexity index is 324. The van der Waals surface area contributed by atoms with Crippen molar-refractivity contribution in [3.63, 3.8) is 0 Å². The second-order valence-corrected chi connectivity index (χ2v) is 6.22. The summed E-state index contributed by atoms with van der Waals surface area (Å²) in [5, 5.41) is 0. The van der Waals surface area contributed by atoms with Crippen LogP contribution in [0, 0.1) is 11.8 Å². The summed E-state index contributed by atoms with van der Waals surface area (Å²) in [4.78, 5) is 2.63. The molecule has 0 bridgehead atoms. The Morgan fingerprint density at radius 3 is 2.53 bits per heavy atom. The van der Waals surface area contributed by atoms with Gasteiger partial charge in [-0.1, -0.05) is 30.2 Å². The van der Waals surface area contributed by atoms with E-state index in [0.717, 1.165) is 11.8 Å². The molecule has 0 aromatic rings. The number of likely N-dealkylation sites (tertiary alicyclic amines) is 1. The second-order valence-electron chi connectivity index (χ2n) is 6.22. The van der Waals surface area contributed by atoms with Gasteiger partial charge in [0.2, 0.25) is 0 Å². The van der Waals surface area contributed by atoms with Gasteiger partial charge in [0.25, 0.3) is 0 Å². The van der Waals surface area contributed by atoms with Gasteiger partial charge in [-0.05, 0) is 58.4 Å². The normalized spacial score (nSPS) is 31.4. The second kappa shape index (κ2) is 5.39. The largest absolute Gasteiger partial charge is 0.301 e. The van der Waals surface area contributed by atoms with Gasteiger partial charge in [0, 0.05) is 12.6 Å². The Kier molecular flexibility index (Phi) is 4.09. The van der Waals surface area contributed by atoms with E-state index in [1.54, 1.807) is 11.1 Å². The van der Waals surface area contributed by atoms with Gasteiger partial charge >= 0.3 is 0 Å². The molecule has 0 radical (unpaired) electrons. The quantitative estimate of drug-likeness (QED) is 0.696. The van der Waals surface area contributed by atoms with E-state index in [0.29, 0.717) is 6.04 Å². The molecule has 1 fully saturated rings. The van der Waals surface area contributed by atoms with Crippen LogP contribution in [0.25, 0.3) is 0 Å². The smallest absolute Gasteiger partial charge is 0.00387 e. The van der Waals surface area contributed by atoms with Gasteiger partial charge in [-0.3, -0.25) is 0 Å². The fraction of sp³-hybridized carbons (Fsp3) is 0.750. The average Bonchev–Trinajstić information content (AvgIpc) is 2.30. The molecule has 1 aliphatic heterocycles. The Hall–Kier alpha value is -0.560. The zero-order valence-corrected chi connectivity index (χ0v) is 11.9. The van der Waals surface area contributed by atoms with Crippen molar-refractivity contribution in [2.75, 3.05) is 13.1 Å². The van der Waals surface area contributed by atoms with Crippen LogP contribution < -0.4 is 0 Å². The molecular formula is C16H27N. The Labute approximate surface area is 107 Å². The van der Waals surface area contributed by atoms with E-state index < -0.39 is 0 Å². The lowest BCUT2D eigenvalue weighted by atomic mass is 9.77. The highest BCUT2D eigenvalue weighted by Crippen LogP contribution is 2.35. The third-order valence-corrected chi connectivity index (χ3v) is 4.53. The van der Waals surface area contributed by atoms with Crippen LogP contribution in [0.5, 0.6) is 0 Å². The molecule has 0 amide bonds. The summed E-state index contributed by atoms with van der Waals surface area (Å²) >= 11 is 0. The number of allylic oxidation sites excluding steroid dienone is 4. The van der Waals surface area contributed by atoms with Crippen molar-refractivity contribution in [3.05, 3.63) is 23.3 Å². The van der Waals surface area contributed by atoms with E-state index in [9.17, 15) is 0 Å². The van der Waals surface area contributed by atoms with Crippen LogP contribution in [-0.2, 0) is 0 Å². The molecular weight excluding hydrogens is 206 g/mol. The zero-order chi connectivity index (χ0) is 12.4. The van der Waals surface area contributed by atoms with Crippen LogP contribution in [0.2, 0.25) is 0 Å². The molecule has 1 aliphatic carbocycles. The highest BCUT2D eigenvalue weighted by atomic mass is 15.2. The summed E-state index contributed by atoms with van der Waals surface area (Å²) in [6.07, 6.45) is 8.69. The van der Waals surface area contributed by atoms with Crippen LogP contribution >= 0.6 is 0 Å². The first-order chi connectivity index (χ1) is 8.08. The van der Waals surface area contributed by atoms with Crippen molar-refractivity contribution in [2.45, 2.75) is 53.0 Å². The Morgan fingerprint density at radius 2 is 2.00 bits per heavy atom. The molecule has 2 unspecified atom stereocenters. The van der Waals surface area contributed by atoms with Crippen molar-refractivity contribution < 1.29 is 0 Å². The lowest BCUT2D eigenvalue weighted by molar-refractivity contribution is 0.115. The van der Waals surface area contributed by atoms with Gasteiger partial charge < -0.3 is 4.90 Å². The highest BCUT2D eigenvalue weighted by Gasteiger charge is 2.29. The van der Waals surface area contributed by atoms with E-state index in [-0.39, 0.29) is 0 Å². The van der Waals surface area contributed by atoms with Crippen molar-refractivity contribution in [1.82, 2.24) is 4.90 Å². The average molecular weight is 233 g/mol. The zero-order valence-electron chi connectivity index (χ0n) is 11.9. The molecule has 1 heterocycles. The van der Waals surface area contributed by atoms with Gasteiger partial charge in [-0.15, -0.1) is 0 Å². The van der Waals surface area contributed by atoms with Crippen molar-refractivity contribution in [2.24, 2.45) is 11.8 Å². The maximum atomic E-state index is 2.63. The van der Waals surface area contributed by atoms with Gasteiger partial charge in [-0.2, -0.15) is 0 Å². The lowest BCUT2D eigenvalue weighted by Gasteiger charge is -2.40. The summed E-state index contributed by atoms with van der Waals surface area (Å²) in [5.41, 5.74) is 3.26. The van der Waals surface area contributed by atoms with E-state index in [4.69, 9.17) is 0 Å². The first-order valence-electron chi connectivity index (χ1n) is 7.18. The molecule has 0 saturated carbocycles. The number of nitrogens with zero attached hydrogens (tertiary/aromatic N) is 1. The van der Waals surface area contributed by atoms with Crippen LogP contribution in [0.1, 0.15) is 47.0 Å². The summed E-state index contributed by atoms with van der Waals surface area (Å²) in [7, 11) is 0. The first-order valence-corrected chi connectivity index (χ1v) is 7.18. The minimum atomic E-state index is 0.709. The minimum absolute atomic E-state index is 0.709. The van der Waals surface area contributed by atoms with Crippen LogP contribution in [-0.4, -0.2) is 24.0 Å². The van der Waals surface area contributed by atoms with Crippen LogP contribution in [0.15, 0.2) is 23.3 Å². The molecule has 1 saturated heterocycles. The molecule has 96 valence electrons. The van der Waals surface area contributed by atoms with E-state index in [1.165, 1.54) is 32.4 Å². The summed E-state index contributed by atoms with van der Waals surface area (Å²) in [6, 6.07) is 0.709. The van der Waals surface area contributed by atoms with Gasteiger partial charge in [0.15, 0.2) is 0 Å². The van der Waals surface area contributed by atoms with Crippen molar-refractivity contribution in [1.29, 1.82) is 0 Å². The third kappa shape index (κ3) is 3.01. The topological polar surface area (TPSA) is 3.24 Å². The Balaban J connectivity index is 2.00. The molecule has 2 atom stereocenters. The fourth-order valence-electron chi connectivity index (χ4n) is 3.26. The molecule has 2 aliphatic rings. The molecule has 0 aromatic heterocycles. The molecule has 17 heavy (non-hydrogen) atoms. The first kappa shape index (κ1) is 12.9. The van der Waals surface area contributed by atoms with Crippen LogP contribution in [0.3, 0.4) is 0 Å². The van der Waals surface area contributed by atoms with Crippen molar-refractivity contribution >= 4 is 0 Å². The molecule has 0 N–H and O–H groups in total. The van der Waals surface area contributed by atoms with E-state index in [2.05, 4.69) is 44.7 Å². The number of hydrogen-bond acceptors (Lipinski definition) is 1. The number of piperidine rings is 1. The Morgan fingerprint density at radius 1 is 1.24 bits per heavy atom. The fourth-order valence-corrected chi connectivity index (χ4v) is 3.26. The molecule has 0 aromatic carbocycles. The van der Waals surface area contributed by atoms with E-state index >= 15 is 0 Å². The molecule has 1 nitrogen and oxygen atoms in total. The SMILES string of the molecule is CC1=CC=C(C2CCN(C(C)C)CC2C)CC1. The predicted octanol–water partition coefficient (Wildman–Crippen LogP) is 4.02. The number of hydrogen-bond donors (Lipinski definition) is 0. The van der Waals surface area contributed by atoms with Crippen molar-refractivity contribution in [3.8, 4) is 0 Å². The highest BCUT2D eigenvalue weighted by molar-refractivity contribution is 5.25. The van der Waals surface area contributed by atoms with Gasteiger partial charge in [-0.25, -0.2) is 0 Å². The predicted molar refractivity (Wildman–Crippen MR) is 75.1 cm³/mol. The lowest BCUT2D eigenvalue weighted by Crippen LogP contribution is -2.43. The monoisotopic (exact) mass is 233 g/mol. The van der Waals surface area contributed by atoms with Gasteiger partial charge in [0.1, 0.15) is 0 Å². The maximum Gasteiger partial charge on any atom is 0.00387 e.